The predicted octanol–water partition coefficient (Wildman–Crippen LogP) is 2.04. The minimum atomic E-state index is -0.767. The van der Waals surface area contributed by atoms with E-state index in [1.165, 1.54) is 0 Å². The van der Waals surface area contributed by atoms with Crippen molar-refractivity contribution in [1.82, 2.24) is 0 Å². The Morgan fingerprint density at radius 1 is 1.58 bits per heavy atom. The van der Waals surface area contributed by atoms with Crippen LogP contribution in [0.2, 0.25) is 0 Å². The second kappa shape index (κ2) is 3.21. The van der Waals surface area contributed by atoms with Gasteiger partial charge in [0.15, 0.2) is 5.75 Å². The summed E-state index contributed by atoms with van der Waals surface area (Å²) in [6, 6.07) is 1.70. The number of nitro benzene ring substituents is 1. The van der Waals surface area contributed by atoms with Gasteiger partial charge in [-0.1, -0.05) is 0 Å². The van der Waals surface area contributed by atoms with Crippen molar-refractivity contribution in [2.24, 2.45) is 0 Å². The van der Waals surface area contributed by atoms with Crippen molar-refractivity contribution in [2.75, 3.05) is 0 Å². The highest BCUT2D eigenvalue weighted by Crippen LogP contribution is 2.28. The van der Waals surface area contributed by atoms with Gasteiger partial charge in [-0.15, -0.1) is 0 Å². The summed E-state index contributed by atoms with van der Waals surface area (Å²) in [6.07, 6.45) is 0. The third kappa shape index (κ3) is 1.63. The van der Waals surface area contributed by atoms with Crippen LogP contribution < -0.4 is 0 Å². The Labute approximate surface area is 80.3 Å². The average Bonchev–Trinajstić information content (AvgIpc) is 1.96. The first kappa shape index (κ1) is 9.17. The van der Waals surface area contributed by atoms with E-state index in [-0.39, 0.29) is 3.57 Å². The van der Waals surface area contributed by atoms with Gasteiger partial charge in [0, 0.05) is 12.1 Å². The van der Waals surface area contributed by atoms with Crippen LogP contribution in [0.5, 0.6) is 5.75 Å². The second-order valence-electron chi connectivity index (χ2n) is 2.01. The SMILES string of the molecule is O=[N+]([O-])c1cc(I)c(F)cc1O. The number of hydrogen-bond donors (Lipinski definition) is 1. The smallest absolute Gasteiger partial charge is 0.311 e. The lowest BCUT2D eigenvalue weighted by Gasteiger charge is -1.97. The third-order valence-corrected chi connectivity index (χ3v) is 2.04. The molecule has 1 aromatic rings. The molecule has 0 bridgehead atoms. The Morgan fingerprint density at radius 2 is 2.17 bits per heavy atom. The number of hydrogen-bond acceptors (Lipinski definition) is 3. The fraction of sp³-hybridized carbons (Fsp3) is 0. The highest BCUT2D eigenvalue weighted by Gasteiger charge is 2.15. The lowest BCUT2D eigenvalue weighted by atomic mass is 10.3. The van der Waals surface area contributed by atoms with Crippen LogP contribution in [-0.2, 0) is 0 Å². The summed E-state index contributed by atoms with van der Waals surface area (Å²) < 4.78 is 12.7. The summed E-state index contributed by atoms with van der Waals surface area (Å²) >= 11 is 1.61. The number of rotatable bonds is 1. The lowest BCUT2D eigenvalue weighted by Crippen LogP contribution is -1.91. The van der Waals surface area contributed by atoms with Crippen molar-refractivity contribution >= 4 is 28.3 Å². The van der Waals surface area contributed by atoms with Gasteiger partial charge in [0.05, 0.1) is 8.49 Å². The van der Waals surface area contributed by atoms with Gasteiger partial charge in [-0.3, -0.25) is 10.1 Å². The molecule has 0 unspecified atom stereocenters. The minimum absolute atomic E-state index is 0.108. The van der Waals surface area contributed by atoms with E-state index in [1.54, 1.807) is 22.6 Å². The van der Waals surface area contributed by atoms with Crippen molar-refractivity contribution in [3.05, 3.63) is 31.6 Å². The van der Waals surface area contributed by atoms with E-state index in [9.17, 15) is 14.5 Å². The molecule has 64 valence electrons. The van der Waals surface area contributed by atoms with Crippen LogP contribution in [0.4, 0.5) is 10.1 Å². The maximum atomic E-state index is 12.6. The molecule has 0 fully saturated rings. The van der Waals surface area contributed by atoms with Gasteiger partial charge >= 0.3 is 5.69 Å². The topological polar surface area (TPSA) is 63.4 Å². The number of benzene rings is 1. The first-order valence-corrected chi connectivity index (χ1v) is 3.92. The molecule has 0 amide bonds. The molecule has 6 heteroatoms. The van der Waals surface area contributed by atoms with Gasteiger partial charge in [0.25, 0.3) is 0 Å². The van der Waals surface area contributed by atoms with Crippen LogP contribution >= 0.6 is 22.6 Å². The molecule has 0 aliphatic heterocycles. The summed E-state index contributed by atoms with van der Waals surface area (Å²) in [6.45, 7) is 0. The van der Waals surface area contributed by atoms with Crippen molar-refractivity contribution in [1.29, 1.82) is 0 Å². The molecule has 1 N–H and O–H groups in total. The Bertz CT molecular complexity index is 342. The molecule has 1 rings (SSSR count). The first-order valence-electron chi connectivity index (χ1n) is 2.85. The Kier molecular flexibility index (Phi) is 2.46. The number of aromatic hydroxyl groups is 1. The van der Waals surface area contributed by atoms with Crippen LogP contribution in [0.1, 0.15) is 0 Å². The maximum absolute atomic E-state index is 12.6. The largest absolute Gasteiger partial charge is 0.502 e. The fourth-order valence-corrected chi connectivity index (χ4v) is 1.12. The molecule has 0 spiro atoms. The van der Waals surface area contributed by atoms with Gasteiger partial charge in [0.2, 0.25) is 0 Å². The Balaban J connectivity index is 3.33. The predicted molar refractivity (Wildman–Crippen MR) is 47.4 cm³/mol. The summed E-state index contributed by atoms with van der Waals surface area (Å²) in [5.41, 5.74) is -0.485. The Hall–Kier alpha value is -0.920. The number of phenolic OH excluding ortho intramolecular Hbond substituents is 1. The molecule has 1 aromatic carbocycles. The number of phenols is 1. The average molecular weight is 283 g/mol. The zero-order valence-electron chi connectivity index (χ0n) is 5.62. The molecule has 0 heterocycles. The maximum Gasteiger partial charge on any atom is 0.311 e. The van der Waals surface area contributed by atoms with Crippen LogP contribution in [0.3, 0.4) is 0 Å². The molecule has 0 saturated heterocycles. The summed E-state index contributed by atoms with van der Waals surface area (Å²) in [4.78, 5) is 9.44. The molecular formula is C6H3FINO3. The molecule has 12 heavy (non-hydrogen) atoms. The summed E-state index contributed by atoms with van der Waals surface area (Å²) in [5.74, 6) is -1.32. The van der Waals surface area contributed by atoms with E-state index in [1.807, 2.05) is 0 Å². The van der Waals surface area contributed by atoms with E-state index in [2.05, 4.69) is 0 Å². The zero-order chi connectivity index (χ0) is 9.30. The zero-order valence-corrected chi connectivity index (χ0v) is 7.78. The lowest BCUT2D eigenvalue weighted by molar-refractivity contribution is -0.386. The van der Waals surface area contributed by atoms with E-state index >= 15 is 0 Å². The molecule has 0 saturated carbocycles. The monoisotopic (exact) mass is 283 g/mol. The van der Waals surface area contributed by atoms with Crippen LogP contribution in [0.25, 0.3) is 0 Å². The van der Waals surface area contributed by atoms with Gasteiger partial charge in [-0.25, -0.2) is 4.39 Å². The summed E-state index contributed by atoms with van der Waals surface area (Å²) in [5, 5.41) is 19.1. The first-order chi connectivity index (χ1) is 5.52. The molecule has 0 aliphatic carbocycles. The molecule has 0 atom stereocenters. The quantitative estimate of drug-likeness (QED) is 0.487. The minimum Gasteiger partial charge on any atom is -0.502 e. The molecule has 0 radical (unpaired) electrons. The van der Waals surface area contributed by atoms with Crippen LogP contribution in [-0.4, -0.2) is 10.0 Å². The van der Waals surface area contributed by atoms with Crippen LogP contribution in [0, 0.1) is 19.5 Å². The van der Waals surface area contributed by atoms with Crippen molar-refractivity contribution in [3.8, 4) is 5.75 Å². The second-order valence-corrected chi connectivity index (χ2v) is 3.17. The third-order valence-electron chi connectivity index (χ3n) is 1.21. The van der Waals surface area contributed by atoms with Crippen LogP contribution in [0.15, 0.2) is 12.1 Å². The molecule has 0 aliphatic rings. The highest BCUT2D eigenvalue weighted by molar-refractivity contribution is 14.1. The molecule has 0 aromatic heterocycles. The molecule has 4 nitrogen and oxygen atoms in total. The summed E-state index contributed by atoms with van der Waals surface area (Å²) in [7, 11) is 0. The normalized spacial score (nSPS) is 9.83. The van der Waals surface area contributed by atoms with E-state index in [0.717, 1.165) is 12.1 Å². The van der Waals surface area contributed by atoms with Gasteiger partial charge < -0.3 is 5.11 Å². The van der Waals surface area contributed by atoms with Gasteiger partial charge in [0.1, 0.15) is 5.82 Å². The van der Waals surface area contributed by atoms with E-state index in [4.69, 9.17) is 5.11 Å². The fourth-order valence-electron chi connectivity index (χ4n) is 0.672. The van der Waals surface area contributed by atoms with Gasteiger partial charge in [-0.05, 0) is 22.6 Å². The standard InChI is InChI=1S/C6H3FINO3/c7-3-1-6(10)5(9(11)12)2-4(3)8/h1-2,10H. The van der Waals surface area contributed by atoms with E-state index < -0.39 is 22.2 Å². The Morgan fingerprint density at radius 3 is 2.67 bits per heavy atom. The number of nitro groups is 1. The van der Waals surface area contributed by atoms with Crippen molar-refractivity contribution < 1.29 is 14.4 Å². The van der Waals surface area contributed by atoms with Crippen molar-refractivity contribution in [2.45, 2.75) is 0 Å². The van der Waals surface area contributed by atoms with Gasteiger partial charge in [-0.2, -0.15) is 0 Å². The molecular weight excluding hydrogens is 280 g/mol. The van der Waals surface area contributed by atoms with E-state index in [0.29, 0.717) is 0 Å². The number of nitrogens with zero attached hydrogens (tertiary/aromatic N) is 1. The van der Waals surface area contributed by atoms with Crippen molar-refractivity contribution in [3.63, 3.8) is 0 Å². The highest BCUT2D eigenvalue weighted by atomic mass is 127. The number of halogens is 2.